The first-order valence-electron chi connectivity index (χ1n) is 9.83. The van der Waals surface area contributed by atoms with Gasteiger partial charge in [-0.2, -0.15) is 0 Å². The molecule has 3 N–H and O–H groups in total. The van der Waals surface area contributed by atoms with Crippen LogP contribution in [-0.2, 0) is 4.79 Å². The summed E-state index contributed by atoms with van der Waals surface area (Å²) >= 11 is 0. The van der Waals surface area contributed by atoms with Crippen LogP contribution in [0.1, 0.15) is 56.9 Å². The zero-order valence-corrected chi connectivity index (χ0v) is 16.6. The highest BCUT2D eigenvalue weighted by atomic mass is 16.2. The van der Waals surface area contributed by atoms with E-state index in [9.17, 15) is 9.59 Å². The largest absolute Gasteiger partial charge is 0.354 e. The molecular formula is C21H30N4O2. The lowest BCUT2D eigenvalue weighted by atomic mass is 9.93. The lowest BCUT2D eigenvalue weighted by Gasteiger charge is -2.21. The van der Waals surface area contributed by atoms with Crippen LogP contribution in [0.25, 0.3) is 10.9 Å². The van der Waals surface area contributed by atoms with Gasteiger partial charge in [-0.3, -0.25) is 20.4 Å². The number of para-hydroxylation sites is 1. The maximum atomic E-state index is 12.9. The molecule has 1 saturated heterocycles. The number of hydrazine groups is 1. The highest BCUT2D eigenvalue weighted by Crippen LogP contribution is 2.27. The maximum absolute atomic E-state index is 12.9. The number of nitrogens with zero attached hydrogens (tertiary/aromatic N) is 1. The van der Waals surface area contributed by atoms with Gasteiger partial charge >= 0.3 is 0 Å². The standard InChI is InChI=1S/C21H30N4O2/c1-5-19(21(27)22-11-10-16-13(2)23-24-14(16)3)25-12-18(15(4)26)17-8-6-7-9-20(17)25/h6-9,12-14,16,19,23-24H,5,10-11H2,1-4H3,(H,22,27). The van der Waals surface area contributed by atoms with E-state index < -0.39 is 0 Å². The average molecular weight is 370 g/mol. The van der Waals surface area contributed by atoms with E-state index >= 15 is 0 Å². The molecular weight excluding hydrogens is 340 g/mol. The van der Waals surface area contributed by atoms with Crippen molar-refractivity contribution in [1.82, 2.24) is 20.7 Å². The summed E-state index contributed by atoms with van der Waals surface area (Å²) < 4.78 is 1.95. The summed E-state index contributed by atoms with van der Waals surface area (Å²) in [4.78, 5) is 24.9. The number of nitrogens with one attached hydrogen (secondary N) is 3. The maximum Gasteiger partial charge on any atom is 0.243 e. The van der Waals surface area contributed by atoms with E-state index in [0.29, 0.717) is 36.5 Å². The third-order valence-corrected chi connectivity index (χ3v) is 5.75. The molecule has 1 aromatic carbocycles. The zero-order chi connectivity index (χ0) is 19.6. The molecule has 0 saturated carbocycles. The number of aromatic nitrogens is 1. The van der Waals surface area contributed by atoms with Crippen molar-refractivity contribution in [3.8, 4) is 0 Å². The summed E-state index contributed by atoms with van der Waals surface area (Å²) in [5.74, 6) is 0.513. The molecule has 0 aliphatic carbocycles. The molecule has 2 heterocycles. The van der Waals surface area contributed by atoms with Gasteiger partial charge in [-0.25, -0.2) is 0 Å². The lowest BCUT2D eigenvalue weighted by Crippen LogP contribution is -2.35. The molecule has 1 amide bonds. The number of benzene rings is 1. The molecule has 6 nitrogen and oxygen atoms in total. The van der Waals surface area contributed by atoms with Crippen LogP contribution in [0, 0.1) is 5.92 Å². The predicted molar refractivity (Wildman–Crippen MR) is 108 cm³/mol. The Balaban J connectivity index is 1.74. The first-order chi connectivity index (χ1) is 12.9. The molecule has 0 bridgehead atoms. The molecule has 1 fully saturated rings. The fourth-order valence-electron chi connectivity index (χ4n) is 4.14. The van der Waals surface area contributed by atoms with Gasteiger partial charge in [0.15, 0.2) is 5.78 Å². The minimum Gasteiger partial charge on any atom is -0.354 e. The number of carbonyl (C=O) groups excluding carboxylic acids is 2. The highest BCUT2D eigenvalue weighted by molar-refractivity contribution is 6.07. The van der Waals surface area contributed by atoms with Crippen molar-refractivity contribution < 1.29 is 9.59 Å². The van der Waals surface area contributed by atoms with Gasteiger partial charge in [0, 0.05) is 41.3 Å². The van der Waals surface area contributed by atoms with Gasteiger partial charge in [-0.15, -0.1) is 0 Å². The molecule has 1 aromatic heterocycles. The molecule has 3 rings (SSSR count). The fraction of sp³-hybridized carbons (Fsp3) is 0.524. The van der Waals surface area contributed by atoms with Crippen LogP contribution in [0.4, 0.5) is 0 Å². The predicted octanol–water partition coefficient (Wildman–Crippen LogP) is 2.80. The molecule has 0 radical (unpaired) electrons. The lowest BCUT2D eigenvalue weighted by molar-refractivity contribution is -0.124. The summed E-state index contributed by atoms with van der Waals surface area (Å²) in [5, 5.41) is 4.01. The summed E-state index contributed by atoms with van der Waals surface area (Å²) in [6.45, 7) is 8.54. The molecule has 3 unspecified atom stereocenters. The Morgan fingerprint density at radius 3 is 2.48 bits per heavy atom. The first-order valence-corrected chi connectivity index (χ1v) is 9.83. The van der Waals surface area contributed by atoms with E-state index in [2.05, 4.69) is 30.0 Å². The molecule has 1 aliphatic rings. The number of Topliss-reactive ketones (excluding diaryl/α,β-unsaturated/α-hetero) is 1. The summed E-state index contributed by atoms with van der Waals surface area (Å²) in [6, 6.07) is 8.24. The molecule has 3 atom stereocenters. The van der Waals surface area contributed by atoms with Crippen LogP contribution in [0.15, 0.2) is 30.5 Å². The topological polar surface area (TPSA) is 75.2 Å². The van der Waals surface area contributed by atoms with E-state index in [1.165, 1.54) is 0 Å². The van der Waals surface area contributed by atoms with Gasteiger partial charge in [0.05, 0.1) is 0 Å². The number of hydrogen-bond donors (Lipinski definition) is 3. The number of amides is 1. The second-order valence-corrected chi connectivity index (χ2v) is 7.56. The van der Waals surface area contributed by atoms with E-state index in [0.717, 1.165) is 17.3 Å². The van der Waals surface area contributed by atoms with Crippen molar-refractivity contribution in [2.45, 2.75) is 58.7 Å². The van der Waals surface area contributed by atoms with Crippen molar-refractivity contribution in [3.05, 3.63) is 36.0 Å². The van der Waals surface area contributed by atoms with Crippen molar-refractivity contribution in [1.29, 1.82) is 0 Å². The molecule has 0 spiro atoms. The Kier molecular flexibility index (Phi) is 5.97. The molecule has 6 heteroatoms. The third kappa shape index (κ3) is 3.92. The zero-order valence-electron chi connectivity index (χ0n) is 16.6. The minimum atomic E-state index is -0.322. The van der Waals surface area contributed by atoms with Crippen molar-refractivity contribution in [2.75, 3.05) is 6.54 Å². The van der Waals surface area contributed by atoms with Gasteiger partial charge in [-0.05, 0) is 45.6 Å². The van der Waals surface area contributed by atoms with E-state index in [1.54, 1.807) is 6.92 Å². The summed E-state index contributed by atoms with van der Waals surface area (Å²) in [6.07, 6.45) is 3.42. The van der Waals surface area contributed by atoms with Crippen LogP contribution in [0.3, 0.4) is 0 Å². The summed E-state index contributed by atoms with van der Waals surface area (Å²) in [5.41, 5.74) is 8.10. The van der Waals surface area contributed by atoms with E-state index in [4.69, 9.17) is 0 Å². The SMILES string of the molecule is CCC(C(=O)NCCC1C(C)NNC1C)n1cc(C(C)=O)c2ccccc21. The Hall–Kier alpha value is -2.18. The quantitative estimate of drug-likeness (QED) is 0.655. The fourth-order valence-corrected chi connectivity index (χ4v) is 4.14. The Morgan fingerprint density at radius 2 is 1.85 bits per heavy atom. The van der Waals surface area contributed by atoms with Gasteiger partial charge in [0.1, 0.15) is 6.04 Å². The third-order valence-electron chi connectivity index (χ3n) is 5.75. The monoisotopic (exact) mass is 370 g/mol. The second kappa shape index (κ2) is 8.23. The first kappa shape index (κ1) is 19.6. The van der Waals surface area contributed by atoms with Gasteiger partial charge in [-0.1, -0.05) is 25.1 Å². The van der Waals surface area contributed by atoms with Crippen LogP contribution < -0.4 is 16.2 Å². The number of fused-ring (bicyclic) bond motifs is 1. The average Bonchev–Trinajstić information content (AvgIpc) is 3.18. The van der Waals surface area contributed by atoms with Gasteiger partial charge in [0.25, 0.3) is 0 Å². The smallest absolute Gasteiger partial charge is 0.243 e. The molecule has 2 aromatic rings. The van der Waals surface area contributed by atoms with E-state index in [1.807, 2.05) is 42.0 Å². The van der Waals surface area contributed by atoms with Crippen LogP contribution in [0.5, 0.6) is 0 Å². The van der Waals surface area contributed by atoms with Crippen molar-refractivity contribution in [3.63, 3.8) is 0 Å². The number of rotatable bonds is 7. The molecule has 27 heavy (non-hydrogen) atoms. The normalized spacial score (nSPS) is 23.5. The number of ketones is 1. The number of carbonyl (C=O) groups is 2. The van der Waals surface area contributed by atoms with Crippen LogP contribution in [-0.4, -0.2) is 34.9 Å². The van der Waals surface area contributed by atoms with Crippen molar-refractivity contribution >= 4 is 22.6 Å². The number of hydrogen-bond acceptors (Lipinski definition) is 4. The van der Waals surface area contributed by atoms with E-state index in [-0.39, 0.29) is 17.7 Å². The molecule has 146 valence electrons. The van der Waals surface area contributed by atoms with Crippen LogP contribution in [0.2, 0.25) is 0 Å². The molecule has 1 aliphatic heterocycles. The summed E-state index contributed by atoms with van der Waals surface area (Å²) in [7, 11) is 0. The van der Waals surface area contributed by atoms with Crippen molar-refractivity contribution in [2.24, 2.45) is 5.92 Å². The van der Waals surface area contributed by atoms with Gasteiger partial charge in [0.2, 0.25) is 5.91 Å². The Morgan fingerprint density at radius 1 is 1.19 bits per heavy atom. The Bertz CT molecular complexity index is 819. The minimum absolute atomic E-state index is 0.00702. The van der Waals surface area contributed by atoms with Gasteiger partial charge < -0.3 is 9.88 Å². The second-order valence-electron chi connectivity index (χ2n) is 7.56. The highest BCUT2D eigenvalue weighted by Gasteiger charge is 2.29. The van der Waals surface area contributed by atoms with Crippen LogP contribution >= 0.6 is 0 Å². The Labute approximate surface area is 160 Å².